The minimum Gasteiger partial charge on any atom is -0.384 e. The number of anilines is 2. The first-order chi connectivity index (χ1) is 28.1. The molecule has 0 bridgehead atoms. The molecule has 2 aromatic heterocycles. The number of benzene rings is 2. The quantitative estimate of drug-likeness (QED) is 0.124. The van der Waals surface area contributed by atoms with E-state index in [0.717, 1.165) is 79.3 Å². The summed E-state index contributed by atoms with van der Waals surface area (Å²) < 4.78 is 0. The average Bonchev–Trinajstić information content (AvgIpc) is 3.81. The Morgan fingerprint density at radius 1 is 0.966 bits per heavy atom. The van der Waals surface area contributed by atoms with Crippen molar-refractivity contribution in [1.29, 1.82) is 0 Å². The minimum absolute atomic E-state index is 0.00419. The molecule has 8 rings (SSSR count). The van der Waals surface area contributed by atoms with Crippen molar-refractivity contribution in [2.45, 2.75) is 56.1 Å². The van der Waals surface area contributed by atoms with Crippen LogP contribution in [0.2, 0.25) is 5.02 Å². The number of aromatic amines is 1. The number of hydrogen-bond acceptors (Lipinski definition) is 12. The number of fused-ring (bicyclic) bond motifs is 2. The molecule has 6 heterocycles. The predicted octanol–water partition coefficient (Wildman–Crippen LogP) is 2.68. The van der Waals surface area contributed by atoms with Crippen molar-refractivity contribution in [3.05, 3.63) is 82.8 Å². The van der Waals surface area contributed by atoms with Crippen molar-refractivity contribution in [3.63, 3.8) is 0 Å². The Morgan fingerprint density at radius 2 is 1.74 bits per heavy atom. The molecule has 6 N–H and O–H groups in total. The van der Waals surface area contributed by atoms with Crippen LogP contribution >= 0.6 is 11.6 Å². The molecule has 16 nitrogen and oxygen atoms in total. The van der Waals surface area contributed by atoms with Crippen molar-refractivity contribution < 1.29 is 24.0 Å². The lowest BCUT2D eigenvalue weighted by Crippen LogP contribution is -2.56. The van der Waals surface area contributed by atoms with Gasteiger partial charge in [-0.15, -0.1) is 0 Å². The van der Waals surface area contributed by atoms with Crippen LogP contribution in [0.3, 0.4) is 0 Å². The third-order valence-corrected chi connectivity index (χ3v) is 12.2. The predicted molar refractivity (Wildman–Crippen MR) is 218 cm³/mol. The summed E-state index contributed by atoms with van der Waals surface area (Å²) in [5.41, 5.74) is 9.43. The maximum Gasteiger partial charge on any atom is 0.264 e. The summed E-state index contributed by atoms with van der Waals surface area (Å²) in [7, 11) is 0. The topological polar surface area (TPSA) is 202 Å². The highest BCUT2D eigenvalue weighted by atomic mass is 35.5. The molecule has 0 spiro atoms. The molecule has 0 aliphatic carbocycles. The number of amides is 5. The number of piperidine rings is 2. The molecule has 2 atom stereocenters. The highest BCUT2D eigenvalue weighted by molar-refractivity contribution is 6.30. The third-order valence-electron chi connectivity index (χ3n) is 11.9. The van der Waals surface area contributed by atoms with E-state index in [1.165, 1.54) is 0 Å². The summed E-state index contributed by atoms with van der Waals surface area (Å²) in [5, 5.41) is 10.9. The Bertz CT molecular complexity index is 2200. The Morgan fingerprint density at radius 3 is 2.50 bits per heavy atom. The van der Waals surface area contributed by atoms with Crippen LogP contribution in [0.5, 0.6) is 0 Å². The summed E-state index contributed by atoms with van der Waals surface area (Å²) in [6.07, 6.45) is 6.33. The molecule has 3 fully saturated rings. The first kappa shape index (κ1) is 39.4. The number of aromatic nitrogens is 3. The molecule has 0 radical (unpaired) electrons. The van der Waals surface area contributed by atoms with Crippen LogP contribution in [0, 0.1) is 0 Å². The average molecular weight is 810 g/mol. The number of nitrogens with one attached hydrogen (secondary N) is 4. The zero-order valence-corrected chi connectivity index (χ0v) is 33.0. The van der Waals surface area contributed by atoms with Crippen molar-refractivity contribution in [1.82, 2.24) is 40.3 Å². The summed E-state index contributed by atoms with van der Waals surface area (Å²) in [4.78, 5) is 83.6. The van der Waals surface area contributed by atoms with Crippen LogP contribution in [0.4, 0.5) is 11.5 Å². The minimum atomic E-state index is -1.04. The van der Waals surface area contributed by atoms with E-state index in [2.05, 4.69) is 52.8 Å². The molecule has 1 unspecified atom stereocenters. The lowest BCUT2D eigenvalue weighted by atomic mass is 9.87. The van der Waals surface area contributed by atoms with Gasteiger partial charge in [-0.3, -0.25) is 39.1 Å². The van der Waals surface area contributed by atoms with Gasteiger partial charge in [0.25, 0.3) is 11.8 Å². The number of rotatable bonds is 13. The second kappa shape index (κ2) is 16.8. The first-order valence-corrected chi connectivity index (χ1v) is 20.3. The maximum absolute atomic E-state index is 13.4. The smallest absolute Gasteiger partial charge is 0.264 e. The number of nitrogens with zero attached hydrogens (tertiary/aromatic N) is 6. The lowest BCUT2D eigenvalue weighted by Gasteiger charge is -2.41. The normalized spacial score (nSPS) is 20.4. The van der Waals surface area contributed by atoms with Crippen LogP contribution in [0.1, 0.15) is 70.8 Å². The van der Waals surface area contributed by atoms with Gasteiger partial charge in [0.05, 0.1) is 16.5 Å². The molecule has 3 saturated heterocycles. The molecule has 4 aromatic rings. The Labute approximate surface area is 340 Å². The molecule has 4 aliphatic heterocycles. The van der Waals surface area contributed by atoms with Gasteiger partial charge < -0.3 is 31.2 Å². The number of nitrogens with two attached hydrogens (primary N) is 1. The van der Waals surface area contributed by atoms with E-state index in [1.807, 2.05) is 29.3 Å². The van der Waals surface area contributed by atoms with Crippen molar-refractivity contribution in [2.24, 2.45) is 5.73 Å². The van der Waals surface area contributed by atoms with Crippen LogP contribution in [0.15, 0.2) is 61.1 Å². The second-order valence-electron chi connectivity index (χ2n) is 15.6. The highest BCUT2D eigenvalue weighted by Crippen LogP contribution is 2.33. The number of carbonyl (C=O) groups is 5. The fraction of sp³-hybridized carbons (Fsp3) is 0.439. The number of halogens is 1. The van der Waals surface area contributed by atoms with Crippen LogP contribution in [0.25, 0.3) is 11.0 Å². The summed E-state index contributed by atoms with van der Waals surface area (Å²) in [6, 6.07) is 13.9. The van der Waals surface area contributed by atoms with Crippen molar-refractivity contribution in [3.8, 4) is 0 Å². The summed E-state index contributed by atoms with van der Waals surface area (Å²) >= 11 is 6.26. The van der Waals surface area contributed by atoms with E-state index in [4.69, 9.17) is 17.3 Å². The summed E-state index contributed by atoms with van der Waals surface area (Å²) in [5.74, 6) is -1.30. The molecule has 4 aliphatic rings. The molecule has 58 heavy (non-hydrogen) atoms. The zero-order valence-electron chi connectivity index (χ0n) is 32.2. The monoisotopic (exact) mass is 809 g/mol. The van der Waals surface area contributed by atoms with Crippen LogP contribution < -0.4 is 26.6 Å². The number of carbonyl (C=O) groups excluding carboxylic acids is 5. The van der Waals surface area contributed by atoms with E-state index < -0.39 is 29.7 Å². The van der Waals surface area contributed by atoms with Crippen molar-refractivity contribution >= 4 is 63.7 Å². The Balaban J connectivity index is 0.804. The van der Waals surface area contributed by atoms with Gasteiger partial charge in [0.1, 0.15) is 23.8 Å². The third kappa shape index (κ3) is 8.27. The maximum atomic E-state index is 13.4. The molecule has 5 amide bonds. The van der Waals surface area contributed by atoms with Gasteiger partial charge in [0.2, 0.25) is 17.7 Å². The van der Waals surface area contributed by atoms with E-state index >= 15 is 0 Å². The van der Waals surface area contributed by atoms with Crippen molar-refractivity contribution in [2.75, 3.05) is 69.1 Å². The fourth-order valence-corrected chi connectivity index (χ4v) is 8.64. The van der Waals surface area contributed by atoms with Crippen LogP contribution in [-0.4, -0.2) is 130 Å². The molecular weight excluding hydrogens is 762 g/mol. The Kier molecular flexibility index (Phi) is 11.4. The molecule has 0 saturated carbocycles. The zero-order chi connectivity index (χ0) is 40.4. The largest absolute Gasteiger partial charge is 0.384 e. The van der Waals surface area contributed by atoms with E-state index in [-0.39, 0.29) is 54.4 Å². The molecule has 17 heteroatoms. The van der Waals surface area contributed by atoms with E-state index in [0.29, 0.717) is 30.3 Å². The first-order valence-electron chi connectivity index (χ1n) is 20.0. The van der Waals surface area contributed by atoms with Gasteiger partial charge in [0.15, 0.2) is 0 Å². The van der Waals surface area contributed by atoms with E-state index in [1.54, 1.807) is 24.5 Å². The lowest BCUT2D eigenvalue weighted by molar-refractivity contribution is -0.136. The SMILES string of the molecule is NC1(CN[C@@H](CCN2CCN(C(=O)CCNc3cccc4c3C(=O)N(C3CCC(=O)NC3=O)C4=O)CC2)c2ccc(Cl)cc2)CCN(c2ncnc3[nH]ccc23)CC1. The van der Waals surface area contributed by atoms with Gasteiger partial charge in [-0.1, -0.05) is 29.8 Å². The number of piperazine rings is 1. The van der Waals surface area contributed by atoms with Gasteiger partial charge >= 0.3 is 0 Å². The number of H-pyrrole nitrogens is 1. The fourth-order valence-electron chi connectivity index (χ4n) is 8.52. The second-order valence-corrected chi connectivity index (χ2v) is 16.1. The van der Waals surface area contributed by atoms with Gasteiger partial charge in [-0.05, 0) is 61.6 Å². The number of imide groups is 2. The molecular formula is C41H48ClN11O5. The molecule has 2 aromatic carbocycles. The molecule has 304 valence electrons. The number of hydrogen-bond donors (Lipinski definition) is 5. The summed E-state index contributed by atoms with van der Waals surface area (Å²) in [6.45, 7) is 6.10. The van der Waals surface area contributed by atoms with Gasteiger partial charge in [0, 0.05) is 100 Å². The Hall–Kier alpha value is -5.42. The van der Waals surface area contributed by atoms with Gasteiger partial charge in [-0.25, -0.2) is 9.97 Å². The van der Waals surface area contributed by atoms with Crippen LogP contribution in [-0.2, 0) is 14.4 Å². The van der Waals surface area contributed by atoms with Gasteiger partial charge in [-0.2, -0.15) is 0 Å². The van der Waals surface area contributed by atoms with E-state index in [9.17, 15) is 24.0 Å². The highest BCUT2D eigenvalue weighted by Gasteiger charge is 2.45. The standard InChI is InChI=1S/C41H48ClN11O5/c42-27-6-4-26(5-7-27)30(46-24-41(43)13-18-52(19-14-41)37-29-10-15-45-36(29)47-25-48-37)12-17-50-20-22-51(23-21-50)34(55)11-16-44-31-3-1-2-28-35(31)40(58)53(39(28)57)32-8-9-33(54)49-38(32)56/h1-7,10,15,25,30,32,44,46H,8-9,11-14,16-24,43H2,(H,45,47,48)(H,49,54,56)/t30-,32?/m0/s1.